The van der Waals surface area contributed by atoms with Crippen LogP contribution in [-0.2, 0) is 0 Å². The molecule has 2 fully saturated rings. The van der Waals surface area contributed by atoms with Crippen molar-refractivity contribution in [2.75, 3.05) is 5.75 Å². The maximum atomic E-state index is 4.80. The van der Waals surface area contributed by atoms with E-state index in [0.29, 0.717) is 11.6 Å². The fourth-order valence-corrected chi connectivity index (χ4v) is 3.48. The van der Waals surface area contributed by atoms with Crippen LogP contribution in [0.3, 0.4) is 0 Å². The molecule has 2 aliphatic rings. The van der Waals surface area contributed by atoms with E-state index in [9.17, 15) is 0 Å². The number of aliphatic imine (C=N–C) groups is 1. The first-order chi connectivity index (χ1) is 7.11. The summed E-state index contributed by atoms with van der Waals surface area (Å²) in [5, 5.41) is 4.80. The molecule has 0 radical (unpaired) electrons. The van der Waals surface area contributed by atoms with Crippen molar-refractivity contribution in [2.45, 2.75) is 58.0 Å². The Hall–Kier alpha value is -0.180. The zero-order valence-electron chi connectivity index (χ0n) is 10.0. The molecule has 1 unspecified atom stereocenters. The number of amidine groups is 1. The van der Waals surface area contributed by atoms with Crippen molar-refractivity contribution in [3.63, 3.8) is 0 Å². The van der Waals surface area contributed by atoms with Crippen LogP contribution < -0.4 is 5.32 Å². The number of nitrogens with one attached hydrogen (secondary N) is 1. The summed E-state index contributed by atoms with van der Waals surface area (Å²) in [5.74, 6) is 2.11. The van der Waals surface area contributed by atoms with Crippen molar-refractivity contribution in [3.05, 3.63) is 0 Å². The number of thioether (sulfide) groups is 1. The molecule has 15 heavy (non-hydrogen) atoms. The molecule has 0 amide bonds. The van der Waals surface area contributed by atoms with Crippen molar-refractivity contribution >= 4 is 16.9 Å². The lowest BCUT2D eigenvalue weighted by atomic mass is 9.82. The van der Waals surface area contributed by atoms with E-state index in [0.717, 1.165) is 5.92 Å². The molecule has 86 valence electrons. The first kappa shape index (κ1) is 11.3. The molecule has 0 aromatic rings. The van der Waals surface area contributed by atoms with Gasteiger partial charge in [-0.15, -0.1) is 0 Å². The molecule has 1 heterocycles. The van der Waals surface area contributed by atoms with Gasteiger partial charge in [0.25, 0.3) is 0 Å². The molecule has 0 spiro atoms. The molecule has 1 N–H and O–H groups in total. The summed E-state index contributed by atoms with van der Waals surface area (Å²) in [6.45, 7) is 6.88. The largest absolute Gasteiger partial charge is 0.360 e. The van der Waals surface area contributed by atoms with Gasteiger partial charge in [-0.3, -0.25) is 4.99 Å². The lowest BCUT2D eigenvalue weighted by Gasteiger charge is -2.37. The second kappa shape index (κ2) is 4.36. The molecule has 1 atom stereocenters. The summed E-state index contributed by atoms with van der Waals surface area (Å²) in [5.41, 5.74) is 0.291. The van der Waals surface area contributed by atoms with Crippen LogP contribution in [0.2, 0.25) is 0 Å². The normalized spacial score (nSPS) is 43.5. The van der Waals surface area contributed by atoms with Gasteiger partial charge in [-0.2, -0.15) is 0 Å². The molecular weight excluding hydrogens is 204 g/mol. The zero-order valence-corrected chi connectivity index (χ0v) is 10.9. The molecule has 0 aromatic carbocycles. The van der Waals surface area contributed by atoms with Gasteiger partial charge in [0.1, 0.15) is 0 Å². The predicted molar refractivity (Wildman–Crippen MR) is 68.5 cm³/mol. The highest BCUT2D eigenvalue weighted by atomic mass is 32.2. The second-order valence-corrected chi connectivity index (χ2v) is 6.39. The molecule has 2 nitrogen and oxygen atoms in total. The van der Waals surface area contributed by atoms with Crippen LogP contribution >= 0.6 is 11.8 Å². The summed E-state index contributed by atoms with van der Waals surface area (Å²) in [6, 6.07) is 0.606. The van der Waals surface area contributed by atoms with E-state index in [-0.39, 0.29) is 0 Å². The van der Waals surface area contributed by atoms with Gasteiger partial charge < -0.3 is 5.32 Å². The van der Waals surface area contributed by atoms with E-state index in [1.807, 2.05) is 11.8 Å². The Morgan fingerprint density at radius 1 is 1.53 bits per heavy atom. The van der Waals surface area contributed by atoms with Gasteiger partial charge in [0.15, 0.2) is 5.17 Å². The van der Waals surface area contributed by atoms with Gasteiger partial charge >= 0.3 is 0 Å². The minimum absolute atomic E-state index is 0.291. The highest BCUT2D eigenvalue weighted by molar-refractivity contribution is 8.13. The van der Waals surface area contributed by atoms with Crippen LogP contribution in [0.1, 0.15) is 46.5 Å². The zero-order chi connectivity index (χ0) is 10.9. The van der Waals surface area contributed by atoms with Gasteiger partial charge in [0, 0.05) is 11.3 Å². The maximum Gasteiger partial charge on any atom is 0.157 e. The molecule has 0 bridgehead atoms. The van der Waals surface area contributed by atoms with Crippen LogP contribution in [0.25, 0.3) is 0 Å². The SMILES string of the molecule is CCC1(C)CCSC(=NC2CC(C)C2)N1. The minimum atomic E-state index is 0.291. The average molecular weight is 226 g/mol. The van der Waals surface area contributed by atoms with Gasteiger partial charge in [-0.05, 0) is 38.5 Å². The third-order valence-corrected chi connectivity index (χ3v) is 4.62. The summed E-state index contributed by atoms with van der Waals surface area (Å²) in [6.07, 6.45) is 5.02. The third kappa shape index (κ3) is 2.68. The van der Waals surface area contributed by atoms with Crippen LogP contribution in [-0.4, -0.2) is 22.5 Å². The molecule has 1 saturated heterocycles. The van der Waals surface area contributed by atoms with E-state index in [1.54, 1.807) is 0 Å². The Kier molecular flexibility index (Phi) is 3.29. The molecule has 1 saturated carbocycles. The number of nitrogens with zero attached hydrogens (tertiary/aromatic N) is 1. The Morgan fingerprint density at radius 3 is 2.87 bits per heavy atom. The van der Waals surface area contributed by atoms with Crippen molar-refractivity contribution in [1.82, 2.24) is 5.32 Å². The smallest absolute Gasteiger partial charge is 0.157 e. The molecular formula is C12H22N2S. The first-order valence-corrected chi connectivity index (χ1v) is 7.08. The average Bonchev–Trinajstić information content (AvgIpc) is 2.16. The van der Waals surface area contributed by atoms with E-state index >= 15 is 0 Å². The Bertz CT molecular complexity index is 258. The quantitative estimate of drug-likeness (QED) is 0.782. The molecule has 1 aliphatic carbocycles. The van der Waals surface area contributed by atoms with E-state index in [4.69, 9.17) is 4.99 Å². The standard InChI is InChI=1S/C12H22N2S/c1-4-12(3)5-6-15-11(14-12)13-10-7-9(2)8-10/h9-10H,4-8H2,1-3H3,(H,13,14). The topological polar surface area (TPSA) is 24.4 Å². The third-order valence-electron chi connectivity index (χ3n) is 3.73. The Balaban J connectivity index is 1.92. The van der Waals surface area contributed by atoms with E-state index in [2.05, 4.69) is 26.1 Å². The van der Waals surface area contributed by atoms with Gasteiger partial charge in [-0.1, -0.05) is 25.6 Å². The summed E-state index contributed by atoms with van der Waals surface area (Å²) >= 11 is 1.90. The summed E-state index contributed by atoms with van der Waals surface area (Å²) in [4.78, 5) is 4.80. The van der Waals surface area contributed by atoms with Gasteiger partial charge in [0.2, 0.25) is 0 Å². The lowest BCUT2D eigenvalue weighted by Crippen LogP contribution is -2.48. The van der Waals surface area contributed by atoms with Gasteiger partial charge in [0.05, 0.1) is 6.04 Å². The van der Waals surface area contributed by atoms with Crippen LogP contribution in [0.15, 0.2) is 4.99 Å². The highest BCUT2D eigenvalue weighted by Crippen LogP contribution is 2.31. The molecule has 2 rings (SSSR count). The fourth-order valence-electron chi connectivity index (χ4n) is 2.20. The first-order valence-electron chi connectivity index (χ1n) is 6.10. The molecule has 0 aromatic heterocycles. The van der Waals surface area contributed by atoms with Crippen molar-refractivity contribution < 1.29 is 0 Å². The highest BCUT2D eigenvalue weighted by Gasteiger charge is 2.30. The monoisotopic (exact) mass is 226 g/mol. The minimum Gasteiger partial charge on any atom is -0.360 e. The number of hydrogen-bond donors (Lipinski definition) is 1. The van der Waals surface area contributed by atoms with Crippen molar-refractivity contribution in [1.29, 1.82) is 0 Å². The summed E-state index contributed by atoms with van der Waals surface area (Å²) in [7, 11) is 0. The predicted octanol–water partition coefficient (Wildman–Crippen LogP) is 3.04. The van der Waals surface area contributed by atoms with E-state index in [1.165, 1.54) is 36.6 Å². The Morgan fingerprint density at radius 2 is 2.27 bits per heavy atom. The van der Waals surface area contributed by atoms with E-state index < -0.39 is 0 Å². The second-order valence-electron chi connectivity index (χ2n) is 5.30. The van der Waals surface area contributed by atoms with Gasteiger partial charge in [-0.25, -0.2) is 0 Å². The Labute approximate surface area is 97.3 Å². The van der Waals surface area contributed by atoms with Crippen LogP contribution in [0.4, 0.5) is 0 Å². The van der Waals surface area contributed by atoms with Crippen molar-refractivity contribution in [3.8, 4) is 0 Å². The maximum absolute atomic E-state index is 4.80. The van der Waals surface area contributed by atoms with Crippen LogP contribution in [0.5, 0.6) is 0 Å². The molecule has 1 aliphatic heterocycles. The lowest BCUT2D eigenvalue weighted by molar-refractivity contribution is 0.290. The number of rotatable bonds is 2. The number of hydrogen-bond acceptors (Lipinski definition) is 2. The molecule has 3 heteroatoms. The van der Waals surface area contributed by atoms with Crippen molar-refractivity contribution in [2.24, 2.45) is 10.9 Å². The summed E-state index contributed by atoms with van der Waals surface area (Å²) < 4.78 is 0. The van der Waals surface area contributed by atoms with Crippen LogP contribution in [0, 0.1) is 5.92 Å². The fraction of sp³-hybridized carbons (Fsp3) is 0.917.